The van der Waals surface area contributed by atoms with E-state index in [0.29, 0.717) is 5.56 Å². The van der Waals surface area contributed by atoms with Crippen LogP contribution in [0.1, 0.15) is 10.4 Å². The van der Waals surface area contributed by atoms with Crippen LogP contribution in [0.3, 0.4) is 0 Å². The van der Waals surface area contributed by atoms with Crippen LogP contribution in [0.4, 0.5) is 14.5 Å². The first-order valence-corrected chi connectivity index (χ1v) is 5.37. The molecule has 0 radical (unpaired) electrons. The number of hydrogen-bond donors (Lipinski definition) is 1. The van der Waals surface area contributed by atoms with Crippen molar-refractivity contribution < 1.29 is 23.6 Å². The fourth-order valence-corrected chi connectivity index (χ4v) is 1.71. The summed E-state index contributed by atoms with van der Waals surface area (Å²) in [5.74, 6) is -3.54. The average molecular weight is 279 g/mol. The third-order valence-electron chi connectivity index (χ3n) is 2.66. The van der Waals surface area contributed by atoms with E-state index < -0.39 is 33.8 Å². The van der Waals surface area contributed by atoms with Crippen LogP contribution in [0.25, 0.3) is 11.1 Å². The van der Waals surface area contributed by atoms with Crippen LogP contribution in [-0.2, 0) is 0 Å². The highest BCUT2D eigenvalue weighted by Crippen LogP contribution is 2.29. The average Bonchev–Trinajstić information content (AvgIpc) is 2.39. The molecule has 0 aliphatic carbocycles. The summed E-state index contributed by atoms with van der Waals surface area (Å²) in [7, 11) is 0. The predicted octanol–water partition coefficient (Wildman–Crippen LogP) is 3.24. The van der Waals surface area contributed by atoms with Gasteiger partial charge in [-0.05, 0) is 29.3 Å². The molecule has 0 atom stereocenters. The van der Waals surface area contributed by atoms with Gasteiger partial charge in [0.05, 0.1) is 4.92 Å². The van der Waals surface area contributed by atoms with E-state index in [4.69, 9.17) is 5.11 Å². The number of carboxylic acid groups (broad SMARTS) is 1. The maximum Gasteiger partial charge on any atom is 0.338 e. The molecule has 0 aromatic heterocycles. The van der Waals surface area contributed by atoms with Crippen molar-refractivity contribution in [3.8, 4) is 11.1 Å². The number of rotatable bonds is 3. The molecule has 0 bridgehead atoms. The summed E-state index contributed by atoms with van der Waals surface area (Å²) in [5, 5.41) is 19.6. The van der Waals surface area contributed by atoms with Gasteiger partial charge in [-0.3, -0.25) is 10.1 Å². The minimum absolute atomic E-state index is 0.121. The van der Waals surface area contributed by atoms with Crippen molar-refractivity contribution in [3.05, 3.63) is 63.7 Å². The van der Waals surface area contributed by atoms with Gasteiger partial charge in [0.25, 0.3) is 0 Å². The van der Waals surface area contributed by atoms with Crippen molar-refractivity contribution in [2.45, 2.75) is 0 Å². The lowest BCUT2D eigenvalue weighted by Crippen LogP contribution is -2.04. The fourth-order valence-electron chi connectivity index (χ4n) is 1.71. The molecular formula is C13H7F2NO4. The van der Waals surface area contributed by atoms with E-state index in [1.165, 1.54) is 12.1 Å². The van der Waals surface area contributed by atoms with Gasteiger partial charge >= 0.3 is 11.7 Å². The zero-order chi connectivity index (χ0) is 14.9. The van der Waals surface area contributed by atoms with E-state index in [1.54, 1.807) is 0 Å². The van der Waals surface area contributed by atoms with Crippen molar-refractivity contribution in [1.29, 1.82) is 0 Å². The maximum absolute atomic E-state index is 13.7. The second-order valence-electron chi connectivity index (χ2n) is 3.93. The molecular weight excluding hydrogens is 272 g/mol. The topological polar surface area (TPSA) is 80.4 Å². The van der Waals surface area contributed by atoms with E-state index in [1.807, 2.05) is 0 Å². The van der Waals surface area contributed by atoms with Gasteiger partial charge in [-0.25, -0.2) is 9.18 Å². The molecule has 0 spiro atoms. The van der Waals surface area contributed by atoms with Crippen molar-refractivity contribution >= 4 is 11.7 Å². The largest absolute Gasteiger partial charge is 0.478 e. The number of nitrogens with zero attached hydrogens (tertiary/aromatic N) is 1. The molecule has 2 aromatic rings. The number of carboxylic acids is 1. The van der Waals surface area contributed by atoms with Gasteiger partial charge in [0.1, 0.15) is 11.4 Å². The zero-order valence-corrected chi connectivity index (χ0v) is 9.84. The van der Waals surface area contributed by atoms with Crippen LogP contribution in [0.2, 0.25) is 0 Å². The summed E-state index contributed by atoms with van der Waals surface area (Å²) in [4.78, 5) is 20.7. The molecule has 102 valence electrons. The Morgan fingerprint density at radius 2 is 1.70 bits per heavy atom. The number of nitro groups is 1. The normalized spacial score (nSPS) is 10.3. The van der Waals surface area contributed by atoms with E-state index in [2.05, 4.69) is 0 Å². The molecule has 0 aliphatic rings. The maximum atomic E-state index is 13.7. The highest BCUT2D eigenvalue weighted by Gasteiger charge is 2.24. The highest BCUT2D eigenvalue weighted by molar-refractivity contribution is 5.91. The molecule has 7 heteroatoms. The molecule has 0 amide bonds. The summed E-state index contributed by atoms with van der Waals surface area (Å²) < 4.78 is 26.5. The summed E-state index contributed by atoms with van der Waals surface area (Å²) >= 11 is 0. The first kappa shape index (κ1) is 13.6. The van der Waals surface area contributed by atoms with Crippen LogP contribution in [0.5, 0.6) is 0 Å². The van der Waals surface area contributed by atoms with Gasteiger partial charge in [-0.15, -0.1) is 0 Å². The molecule has 0 saturated heterocycles. The number of nitro benzene ring substituents is 1. The Balaban J connectivity index is 2.68. The zero-order valence-electron chi connectivity index (χ0n) is 9.84. The minimum atomic E-state index is -1.62. The third-order valence-corrected chi connectivity index (χ3v) is 2.66. The molecule has 1 N–H and O–H groups in total. The van der Waals surface area contributed by atoms with Crippen LogP contribution < -0.4 is 0 Å². The second kappa shape index (κ2) is 5.04. The molecule has 0 fully saturated rings. The predicted molar refractivity (Wildman–Crippen MR) is 65.4 cm³/mol. The molecule has 20 heavy (non-hydrogen) atoms. The summed E-state index contributed by atoms with van der Waals surface area (Å²) in [6.45, 7) is 0. The third kappa shape index (κ3) is 2.46. The van der Waals surface area contributed by atoms with Gasteiger partial charge < -0.3 is 5.11 Å². The first-order chi connectivity index (χ1) is 9.40. The lowest BCUT2D eigenvalue weighted by atomic mass is 10.0. The lowest BCUT2D eigenvalue weighted by molar-refractivity contribution is -0.387. The number of halogens is 2. The van der Waals surface area contributed by atoms with Crippen LogP contribution >= 0.6 is 0 Å². The number of carbonyl (C=O) groups is 1. The van der Waals surface area contributed by atoms with E-state index in [0.717, 1.165) is 24.3 Å². The van der Waals surface area contributed by atoms with E-state index in [9.17, 15) is 23.7 Å². The minimum Gasteiger partial charge on any atom is -0.478 e. The standard InChI is InChI=1S/C13H7F2NO4/c14-9-3-1-7(2-4-9)8-5-10(13(17)18)12(15)11(6-8)16(19)20/h1-6H,(H,17,18). The molecule has 2 rings (SSSR count). The number of aromatic carboxylic acids is 1. The van der Waals surface area contributed by atoms with Crippen LogP contribution in [0.15, 0.2) is 36.4 Å². The van der Waals surface area contributed by atoms with Crippen LogP contribution in [0, 0.1) is 21.7 Å². The Bertz CT molecular complexity index is 663. The molecule has 0 unspecified atom stereocenters. The van der Waals surface area contributed by atoms with Crippen LogP contribution in [-0.4, -0.2) is 16.0 Å². The number of benzene rings is 2. The summed E-state index contributed by atoms with van der Waals surface area (Å²) in [5.41, 5.74) is -1.28. The Hall–Kier alpha value is -2.83. The van der Waals surface area contributed by atoms with Crippen molar-refractivity contribution in [3.63, 3.8) is 0 Å². The van der Waals surface area contributed by atoms with Crippen molar-refractivity contribution in [1.82, 2.24) is 0 Å². The van der Waals surface area contributed by atoms with Gasteiger partial charge in [-0.2, -0.15) is 4.39 Å². The quantitative estimate of drug-likeness (QED) is 0.690. The van der Waals surface area contributed by atoms with Gasteiger partial charge in [0.15, 0.2) is 0 Å². The molecule has 5 nitrogen and oxygen atoms in total. The van der Waals surface area contributed by atoms with Gasteiger partial charge in [0.2, 0.25) is 5.82 Å². The van der Waals surface area contributed by atoms with Gasteiger partial charge in [0, 0.05) is 6.07 Å². The second-order valence-corrected chi connectivity index (χ2v) is 3.93. The summed E-state index contributed by atoms with van der Waals surface area (Å²) in [6.07, 6.45) is 0. The molecule has 0 heterocycles. The number of hydrogen-bond acceptors (Lipinski definition) is 3. The Morgan fingerprint density at radius 3 is 2.20 bits per heavy atom. The Labute approximate surface area is 111 Å². The molecule has 2 aromatic carbocycles. The Kier molecular flexibility index (Phi) is 3.43. The van der Waals surface area contributed by atoms with E-state index >= 15 is 0 Å². The van der Waals surface area contributed by atoms with Gasteiger partial charge in [-0.1, -0.05) is 12.1 Å². The van der Waals surface area contributed by atoms with E-state index in [-0.39, 0.29) is 5.56 Å². The lowest BCUT2D eigenvalue weighted by Gasteiger charge is -2.05. The van der Waals surface area contributed by atoms with Crippen molar-refractivity contribution in [2.24, 2.45) is 0 Å². The summed E-state index contributed by atoms with van der Waals surface area (Å²) in [6, 6.07) is 6.75. The first-order valence-electron chi connectivity index (χ1n) is 5.37. The fraction of sp³-hybridized carbons (Fsp3) is 0. The molecule has 0 saturated carbocycles. The molecule has 0 aliphatic heterocycles. The highest BCUT2D eigenvalue weighted by atomic mass is 19.1. The smallest absolute Gasteiger partial charge is 0.338 e. The Morgan fingerprint density at radius 1 is 1.10 bits per heavy atom. The monoisotopic (exact) mass is 279 g/mol. The SMILES string of the molecule is O=C(O)c1cc(-c2ccc(F)cc2)cc([N+](=O)[O-])c1F. The van der Waals surface area contributed by atoms with Crippen molar-refractivity contribution in [2.75, 3.05) is 0 Å².